The number of piperidine rings is 1. The lowest BCUT2D eigenvalue weighted by molar-refractivity contribution is -0.119. The lowest BCUT2D eigenvalue weighted by Gasteiger charge is -2.34. The normalized spacial score (nSPS) is 17.2. The molecular weight excluding hydrogens is 358 g/mol. The maximum absolute atomic E-state index is 12.8. The molecule has 8 heteroatoms. The predicted octanol–water partition coefficient (Wildman–Crippen LogP) is 2.22. The molecule has 0 bridgehead atoms. The maximum Gasteiger partial charge on any atom is 0.245 e. The van der Waals surface area contributed by atoms with E-state index in [4.69, 9.17) is 0 Å². The van der Waals surface area contributed by atoms with Crippen molar-refractivity contribution in [2.45, 2.75) is 24.5 Å². The largest absolute Gasteiger partial charge is 0.325 e. The first-order chi connectivity index (χ1) is 11.8. The number of hydrogen-bond donors (Lipinski definition) is 2. The van der Waals surface area contributed by atoms with Gasteiger partial charge in [-0.15, -0.1) is 11.3 Å². The number of nitrogens with one attached hydrogen (secondary N) is 2. The lowest BCUT2D eigenvalue weighted by atomic mass is 9.95. The van der Waals surface area contributed by atoms with E-state index in [1.807, 2.05) is 24.4 Å². The van der Waals surface area contributed by atoms with Crippen molar-refractivity contribution in [2.75, 3.05) is 24.7 Å². The summed E-state index contributed by atoms with van der Waals surface area (Å²) in [7, 11) is -3.52. The van der Waals surface area contributed by atoms with Crippen molar-refractivity contribution in [1.82, 2.24) is 10.3 Å². The van der Waals surface area contributed by atoms with Crippen LogP contribution in [-0.4, -0.2) is 43.4 Å². The Morgan fingerprint density at radius 2 is 1.88 bits per heavy atom. The first-order valence-electron chi connectivity index (χ1n) is 8.06. The summed E-state index contributed by atoms with van der Waals surface area (Å²) >= 11 is 1.58. The SMILES string of the molecule is Cc1nc(-c2ccc(NC(=O)C3(S(C)(=O)=O)CCNCC3)cc2)cs1. The van der Waals surface area contributed by atoms with E-state index in [2.05, 4.69) is 15.6 Å². The summed E-state index contributed by atoms with van der Waals surface area (Å²) < 4.78 is 23.2. The van der Waals surface area contributed by atoms with Crippen molar-refractivity contribution in [3.05, 3.63) is 34.7 Å². The van der Waals surface area contributed by atoms with Crippen molar-refractivity contribution >= 4 is 32.8 Å². The second-order valence-electron chi connectivity index (χ2n) is 6.30. The minimum absolute atomic E-state index is 0.286. The smallest absolute Gasteiger partial charge is 0.245 e. The summed E-state index contributed by atoms with van der Waals surface area (Å²) in [5.41, 5.74) is 2.44. The fourth-order valence-corrected chi connectivity index (χ4v) is 5.02. The number of benzene rings is 1. The molecule has 0 spiro atoms. The fourth-order valence-electron chi connectivity index (χ4n) is 3.06. The maximum atomic E-state index is 12.8. The lowest BCUT2D eigenvalue weighted by Crippen LogP contribution is -2.55. The molecule has 134 valence electrons. The Balaban J connectivity index is 1.80. The van der Waals surface area contributed by atoms with Gasteiger partial charge in [0.25, 0.3) is 0 Å². The molecule has 1 amide bonds. The number of aromatic nitrogens is 1. The molecule has 1 saturated heterocycles. The van der Waals surface area contributed by atoms with Crippen LogP contribution in [0.1, 0.15) is 17.8 Å². The zero-order valence-electron chi connectivity index (χ0n) is 14.2. The molecule has 25 heavy (non-hydrogen) atoms. The summed E-state index contributed by atoms with van der Waals surface area (Å²) in [5.74, 6) is -0.450. The number of carbonyl (C=O) groups excluding carboxylic acids is 1. The Morgan fingerprint density at radius 3 is 2.40 bits per heavy atom. The fraction of sp³-hybridized carbons (Fsp3) is 0.412. The molecule has 1 aliphatic rings. The van der Waals surface area contributed by atoms with E-state index < -0.39 is 20.5 Å². The summed E-state index contributed by atoms with van der Waals surface area (Å²) in [6, 6.07) is 7.30. The Bertz CT molecular complexity index is 867. The molecule has 0 atom stereocenters. The van der Waals surface area contributed by atoms with Crippen molar-refractivity contribution < 1.29 is 13.2 Å². The molecule has 1 fully saturated rings. The molecular formula is C17H21N3O3S2. The average molecular weight is 380 g/mol. The van der Waals surface area contributed by atoms with Gasteiger partial charge in [0.05, 0.1) is 10.7 Å². The van der Waals surface area contributed by atoms with Gasteiger partial charge in [-0.1, -0.05) is 12.1 Å². The zero-order valence-corrected chi connectivity index (χ0v) is 15.8. The van der Waals surface area contributed by atoms with Gasteiger partial charge in [-0.25, -0.2) is 13.4 Å². The number of carbonyl (C=O) groups is 1. The third-order valence-electron chi connectivity index (χ3n) is 4.59. The highest BCUT2D eigenvalue weighted by atomic mass is 32.2. The quantitative estimate of drug-likeness (QED) is 0.850. The first kappa shape index (κ1) is 18.0. The summed E-state index contributed by atoms with van der Waals surface area (Å²) in [4.78, 5) is 17.2. The molecule has 2 N–H and O–H groups in total. The van der Waals surface area contributed by atoms with Crippen LogP contribution in [0.3, 0.4) is 0 Å². The third-order valence-corrected chi connectivity index (χ3v) is 7.38. The van der Waals surface area contributed by atoms with Gasteiger partial charge >= 0.3 is 0 Å². The van der Waals surface area contributed by atoms with Crippen LogP contribution in [0.15, 0.2) is 29.6 Å². The van der Waals surface area contributed by atoms with Gasteiger partial charge < -0.3 is 10.6 Å². The van der Waals surface area contributed by atoms with Crippen LogP contribution in [0.25, 0.3) is 11.3 Å². The highest BCUT2D eigenvalue weighted by Gasteiger charge is 2.48. The molecule has 0 saturated carbocycles. The molecule has 1 aromatic carbocycles. The van der Waals surface area contributed by atoms with E-state index in [1.54, 1.807) is 23.5 Å². The van der Waals surface area contributed by atoms with Crippen molar-refractivity contribution in [3.8, 4) is 11.3 Å². The number of sulfone groups is 1. The van der Waals surface area contributed by atoms with E-state index in [1.165, 1.54) is 0 Å². The second-order valence-corrected chi connectivity index (χ2v) is 9.69. The van der Waals surface area contributed by atoms with E-state index in [-0.39, 0.29) is 12.8 Å². The van der Waals surface area contributed by atoms with Gasteiger partial charge in [0.1, 0.15) is 0 Å². The van der Waals surface area contributed by atoms with Crippen LogP contribution in [-0.2, 0) is 14.6 Å². The topological polar surface area (TPSA) is 88.2 Å². The van der Waals surface area contributed by atoms with E-state index in [0.717, 1.165) is 22.5 Å². The number of hydrogen-bond acceptors (Lipinski definition) is 6. The minimum Gasteiger partial charge on any atom is -0.325 e. The Morgan fingerprint density at radius 1 is 1.24 bits per heavy atom. The van der Waals surface area contributed by atoms with Gasteiger partial charge in [-0.05, 0) is 45.0 Å². The van der Waals surface area contributed by atoms with Gasteiger partial charge in [0.15, 0.2) is 14.6 Å². The van der Waals surface area contributed by atoms with E-state index in [9.17, 15) is 13.2 Å². The van der Waals surface area contributed by atoms with Crippen molar-refractivity contribution in [2.24, 2.45) is 0 Å². The number of thiazole rings is 1. The van der Waals surface area contributed by atoms with Crippen LogP contribution in [0.4, 0.5) is 5.69 Å². The highest BCUT2D eigenvalue weighted by Crippen LogP contribution is 2.30. The summed E-state index contributed by atoms with van der Waals surface area (Å²) in [5, 5.41) is 8.86. The number of aryl methyl sites for hydroxylation is 1. The van der Waals surface area contributed by atoms with Crippen LogP contribution < -0.4 is 10.6 Å². The van der Waals surface area contributed by atoms with Gasteiger partial charge in [0.2, 0.25) is 5.91 Å². The molecule has 1 aromatic heterocycles. The Hall–Kier alpha value is -1.77. The molecule has 0 unspecified atom stereocenters. The van der Waals surface area contributed by atoms with Crippen molar-refractivity contribution in [3.63, 3.8) is 0 Å². The van der Waals surface area contributed by atoms with Gasteiger partial charge in [0, 0.05) is 22.9 Å². The molecule has 0 radical (unpaired) electrons. The number of nitrogens with zero attached hydrogens (tertiary/aromatic N) is 1. The molecule has 1 aliphatic heterocycles. The monoisotopic (exact) mass is 379 g/mol. The van der Waals surface area contributed by atoms with E-state index >= 15 is 0 Å². The Labute approximate surface area is 151 Å². The van der Waals surface area contributed by atoms with Crippen molar-refractivity contribution in [1.29, 1.82) is 0 Å². The predicted molar refractivity (Wildman–Crippen MR) is 101 cm³/mol. The number of anilines is 1. The van der Waals surface area contributed by atoms with Crippen LogP contribution in [0, 0.1) is 6.92 Å². The highest BCUT2D eigenvalue weighted by molar-refractivity contribution is 7.92. The van der Waals surface area contributed by atoms with E-state index in [0.29, 0.717) is 18.8 Å². The molecule has 6 nitrogen and oxygen atoms in total. The molecule has 2 aromatic rings. The van der Waals surface area contributed by atoms with Gasteiger partial charge in [-0.3, -0.25) is 4.79 Å². The number of rotatable bonds is 4. The minimum atomic E-state index is -3.52. The zero-order chi connectivity index (χ0) is 18.1. The standard InChI is InChI=1S/C17H21N3O3S2/c1-12-19-15(11-24-12)13-3-5-14(6-4-13)20-16(21)17(25(2,22)23)7-9-18-10-8-17/h3-6,11,18H,7-10H2,1-2H3,(H,20,21). The first-order valence-corrected chi connectivity index (χ1v) is 10.8. The molecule has 3 rings (SSSR count). The Kier molecular flexibility index (Phi) is 4.95. The second kappa shape index (κ2) is 6.86. The average Bonchev–Trinajstić information content (AvgIpc) is 3.01. The van der Waals surface area contributed by atoms with Crippen LogP contribution >= 0.6 is 11.3 Å². The van der Waals surface area contributed by atoms with Crippen LogP contribution in [0.5, 0.6) is 0 Å². The third kappa shape index (κ3) is 3.61. The summed E-state index contributed by atoms with van der Waals surface area (Å²) in [6.45, 7) is 2.98. The number of amides is 1. The van der Waals surface area contributed by atoms with Gasteiger partial charge in [-0.2, -0.15) is 0 Å². The summed E-state index contributed by atoms with van der Waals surface area (Å²) in [6.07, 6.45) is 1.72. The van der Waals surface area contributed by atoms with Crippen LogP contribution in [0.2, 0.25) is 0 Å². The molecule has 2 heterocycles. The molecule has 0 aliphatic carbocycles.